The number of rotatable bonds is 4. The van der Waals surface area contributed by atoms with Crippen molar-refractivity contribution >= 4 is 44.6 Å². The Kier molecular flexibility index (Phi) is 5.34. The van der Waals surface area contributed by atoms with Gasteiger partial charge in [-0.1, -0.05) is 49.6 Å². The number of hydrogen-bond acceptors (Lipinski definition) is 3. The van der Waals surface area contributed by atoms with Gasteiger partial charge < -0.3 is 0 Å². The molecule has 1 heterocycles. The molecule has 2 aromatic rings. The van der Waals surface area contributed by atoms with E-state index in [9.17, 15) is 4.79 Å². The van der Waals surface area contributed by atoms with Crippen LogP contribution in [0.15, 0.2) is 29.4 Å². The number of hydrazone groups is 1. The molecule has 0 unspecified atom stereocenters. The van der Waals surface area contributed by atoms with Crippen LogP contribution in [0, 0.1) is 5.92 Å². The summed E-state index contributed by atoms with van der Waals surface area (Å²) in [5.41, 5.74) is 3.79. The Balaban J connectivity index is 1.65. The highest BCUT2D eigenvalue weighted by molar-refractivity contribution is 7.21. The third-order valence-electron chi connectivity index (χ3n) is 4.44. The zero-order chi connectivity index (χ0) is 16.2. The Morgan fingerprint density at radius 2 is 2.09 bits per heavy atom. The van der Waals surface area contributed by atoms with E-state index in [1.54, 1.807) is 0 Å². The average Bonchev–Trinajstić information content (AvgIpc) is 2.92. The van der Waals surface area contributed by atoms with Crippen molar-refractivity contribution in [1.82, 2.24) is 5.43 Å². The molecule has 122 valence electrons. The maximum atomic E-state index is 12.4. The van der Waals surface area contributed by atoms with Gasteiger partial charge in [-0.2, -0.15) is 5.10 Å². The van der Waals surface area contributed by atoms with E-state index >= 15 is 0 Å². The van der Waals surface area contributed by atoms with Crippen molar-refractivity contribution in [1.29, 1.82) is 0 Å². The van der Waals surface area contributed by atoms with Gasteiger partial charge in [0.25, 0.3) is 5.91 Å². The number of nitrogens with one attached hydrogen (secondary N) is 1. The van der Waals surface area contributed by atoms with E-state index < -0.39 is 0 Å². The van der Waals surface area contributed by atoms with Crippen molar-refractivity contribution in [3.8, 4) is 0 Å². The van der Waals surface area contributed by atoms with E-state index in [0.717, 1.165) is 34.6 Å². The second kappa shape index (κ2) is 7.45. The molecule has 1 saturated carbocycles. The highest BCUT2D eigenvalue weighted by Gasteiger charge is 2.19. The molecule has 0 bridgehead atoms. The van der Waals surface area contributed by atoms with Gasteiger partial charge in [-0.05, 0) is 37.7 Å². The Labute approximate surface area is 145 Å². The number of nitrogens with zero attached hydrogens (tertiary/aromatic N) is 1. The fourth-order valence-electron chi connectivity index (χ4n) is 3.16. The van der Waals surface area contributed by atoms with Gasteiger partial charge in [-0.3, -0.25) is 4.79 Å². The molecule has 0 atom stereocenters. The van der Waals surface area contributed by atoms with Crippen LogP contribution in [0.2, 0.25) is 5.02 Å². The molecule has 1 aromatic heterocycles. The Morgan fingerprint density at radius 1 is 1.35 bits per heavy atom. The van der Waals surface area contributed by atoms with E-state index in [1.165, 1.54) is 37.0 Å². The van der Waals surface area contributed by atoms with Crippen LogP contribution in [-0.4, -0.2) is 11.6 Å². The van der Waals surface area contributed by atoms with Crippen LogP contribution in [-0.2, 0) is 0 Å². The van der Waals surface area contributed by atoms with Gasteiger partial charge in [0.15, 0.2) is 0 Å². The molecule has 1 aliphatic rings. The number of carbonyl (C=O) groups is 1. The molecular formula is C18H21ClN2OS. The summed E-state index contributed by atoms with van der Waals surface area (Å²) in [4.78, 5) is 12.9. The summed E-state index contributed by atoms with van der Waals surface area (Å²) in [6.45, 7) is 2.23. The lowest BCUT2D eigenvalue weighted by atomic mass is 9.85. The van der Waals surface area contributed by atoms with Crippen LogP contribution in [0.4, 0.5) is 0 Å². The zero-order valence-electron chi connectivity index (χ0n) is 13.3. The summed E-state index contributed by atoms with van der Waals surface area (Å²) in [7, 11) is 0. The minimum Gasteiger partial charge on any atom is -0.266 e. The lowest BCUT2D eigenvalue weighted by molar-refractivity contribution is 0.0958. The first kappa shape index (κ1) is 16.5. The zero-order valence-corrected chi connectivity index (χ0v) is 14.8. The van der Waals surface area contributed by atoms with Crippen molar-refractivity contribution in [3.05, 3.63) is 34.2 Å². The third-order valence-corrected chi connectivity index (χ3v) is 6.11. The van der Waals surface area contributed by atoms with Gasteiger partial charge in [0, 0.05) is 15.8 Å². The van der Waals surface area contributed by atoms with Gasteiger partial charge in [0.1, 0.15) is 4.88 Å². The van der Waals surface area contributed by atoms with Gasteiger partial charge in [-0.25, -0.2) is 5.43 Å². The van der Waals surface area contributed by atoms with Crippen LogP contribution < -0.4 is 5.43 Å². The normalized spacial score (nSPS) is 18.2. The lowest BCUT2D eigenvalue weighted by Crippen LogP contribution is -2.21. The van der Waals surface area contributed by atoms with Gasteiger partial charge >= 0.3 is 0 Å². The highest BCUT2D eigenvalue weighted by Crippen LogP contribution is 2.35. The Hall–Kier alpha value is -1.39. The molecular weight excluding hydrogens is 328 g/mol. The summed E-state index contributed by atoms with van der Waals surface area (Å²) in [5, 5.41) is 5.78. The maximum Gasteiger partial charge on any atom is 0.283 e. The van der Waals surface area contributed by atoms with Crippen LogP contribution in [0.25, 0.3) is 10.1 Å². The number of thiophene rings is 1. The predicted molar refractivity (Wildman–Crippen MR) is 98.6 cm³/mol. The largest absolute Gasteiger partial charge is 0.283 e. The molecule has 3 nitrogen and oxygen atoms in total. The monoisotopic (exact) mass is 348 g/mol. The predicted octanol–water partition coefficient (Wildman–Crippen LogP) is 5.63. The first-order valence-electron chi connectivity index (χ1n) is 8.21. The SMILES string of the molecule is CCCC1CCC(=NNC(=O)c2sc3ccccc3c2Cl)CC1. The fourth-order valence-corrected chi connectivity index (χ4v) is 4.57. The fraction of sp³-hybridized carbons (Fsp3) is 0.444. The van der Waals surface area contributed by atoms with Crippen LogP contribution in [0.3, 0.4) is 0 Å². The number of fused-ring (bicyclic) bond motifs is 1. The van der Waals surface area contributed by atoms with E-state index in [4.69, 9.17) is 11.6 Å². The maximum absolute atomic E-state index is 12.4. The second-order valence-electron chi connectivity index (χ2n) is 6.09. The number of hydrogen-bond donors (Lipinski definition) is 1. The van der Waals surface area contributed by atoms with Gasteiger partial charge in [-0.15, -0.1) is 11.3 Å². The topological polar surface area (TPSA) is 41.5 Å². The minimum absolute atomic E-state index is 0.209. The number of benzene rings is 1. The first-order valence-corrected chi connectivity index (χ1v) is 9.41. The van der Waals surface area contributed by atoms with Crippen LogP contribution >= 0.6 is 22.9 Å². The minimum atomic E-state index is -0.209. The van der Waals surface area contributed by atoms with E-state index in [2.05, 4.69) is 17.5 Å². The van der Waals surface area contributed by atoms with Crippen molar-refractivity contribution < 1.29 is 4.79 Å². The van der Waals surface area contributed by atoms with E-state index in [1.807, 2.05) is 24.3 Å². The molecule has 1 aliphatic carbocycles. The number of halogens is 1. The van der Waals surface area contributed by atoms with Crippen molar-refractivity contribution in [2.24, 2.45) is 11.0 Å². The smallest absolute Gasteiger partial charge is 0.266 e. The van der Waals surface area contributed by atoms with E-state index in [-0.39, 0.29) is 5.91 Å². The molecule has 23 heavy (non-hydrogen) atoms. The van der Waals surface area contributed by atoms with Crippen molar-refractivity contribution in [2.45, 2.75) is 45.4 Å². The summed E-state index contributed by atoms with van der Waals surface area (Å²) in [6.07, 6.45) is 6.91. The highest BCUT2D eigenvalue weighted by atomic mass is 35.5. The second-order valence-corrected chi connectivity index (χ2v) is 7.52. The summed E-state index contributed by atoms with van der Waals surface area (Å²) < 4.78 is 1.02. The third kappa shape index (κ3) is 3.75. The van der Waals surface area contributed by atoms with Crippen molar-refractivity contribution in [3.63, 3.8) is 0 Å². The molecule has 0 aliphatic heterocycles. The molecule has 0 radical (unpaired) electrons. The molecule has 1 aromatic carbocycles. The molecule has 1 amide bonds. The summed E-state index contributed by atoms with van der Waals surface area (Å²) >= 11 is 7.74. The molecule has 5 heteroatoms. The molecule has 1 N–H and O–H groups in total. The molecule has 3 rings (SSSR count). The quantitative estimate of drug-likeness (QED) is 0.714. The molecule has 1 fully saturated rings. The number of carbonyl (C=O) groups excluding carboxylic acids is 1. The van der Waals surface area contributed by atoms with Crippen molar-refractivity contribution in [2.75, 3.05) is 0 Å². The van der Waals surface area contributed by atoms with E-state index in [0.29, 0.717) is 9.90 Å². The number of amides is 1. The molecule has 0 saturated heterocycles. The average molecular weight is 349 g/mol. The standard InChI is InChI=1S/C18H21ClN2OS/c1-2-5-12-8-10-13(11-9-12)20-21-18(22)17-16(19)14-6-3-4-7-15(14)23-17/h3-4,6-7,12H,2,5,8-11H2,1H3,(H,21,22). The van der Waals surface area contributed by atoms with Gasteiger partial charge in [0.05, 0.1) is 5.02 Å². The molecule has 0 spiro atoms. The summed E-state index contributed by atoms with van der Waals surface area (Å²) in [6, 6.07) is 7.79. The van der Waals surface area contributed by atoms with Crippen LogP contribution in [0.1, 0.15) is 55.1 Å². The van der Waals surface area contributed by atoms with Gasteiger partial charge in [0.2, 0.25) is 0 Å². The Morgan fingerprint density at radius 3 is 2.78 bits per heavy atom. The Bertz CT molecular complexity index is 728. The summed E-state index contributed by atoms with van der Waals surface area (Å²) in [5.74, 6) is 0.617. The first-order chi connectivity index (χ1) is 11.2. The lowest BCUT2D eigenvalue weighted by Gasteiger charge is -2.22. The van der Waals surface area contributed by atoms with Crippen LogP contribution in [0.5, 0.6) is 0 Å².